The molecule has 38 heavy (non-hydrogen) atoms. The van der Waals surface area contributed by atoms with E-state index in [9.17, 15) is 13.2 Å². The highest BCUT2D eigenvalue weighted by Gasteiger charge is 2.33. The fourth-order valence-corrected chi connectivity index (χ4v) is 6.63. The third kappa shape index (κ3) is 6.63. The van der Waals surface area contributed by atoms with Crippen LogP contribution in [0.4, 0.5) is 5.69 Å². The van der Waals surface area contributed by atoms with Gasteiger partial charge in [-0.2, -0.15) is 0 Å². The molecule has 3 heterocycles. The first-order valence-electron chi connectivity index (χ1n) is 12.4. The second-order valence-electron chi connectivity index (χ2n) is 9.22. The van der Waals surface area contributed by atoms with Gasteiger partial charge in [-0.1, -0.05) is 12.8 Å². The molecule has 1 saturated carbocycles. The zero-order chi connectivity index (χ0) is 27.2. The van der Waals surface area contributed by atoms with Crippen molar-refractivity contribution < 1.29 is 22.7 Å². The van der Waals surface area contributed by atoms with Gasteiger partial charge in [-0.15, -0.1) is 11.3 Å². The lowest BCUT2D eigenvalue weighted by atomic mass is 9.92. The van der Waals surface area contributed by atoms with Gasteiger partial charge in [0, 0.05) is 26.1 Å². The summed E-state index contributed by atoms with van der Waals surface area (Å²) in [6.07, 6.45) is 9.77. The number of ether oxygens (including phenoxy) is 2. The molecule has 0 bridgehead atoms. The fourth-order valence-electron chi connectivity index (χ4n) is 4.29. The van der Waals surface area contributed by atoms with Gasteiger partial charge in [0.2, 0.25) is 15.9 Å². The van der Waals surface area contributed by atoms with Crippen molar-refractivity contribution in [2.75, 3.05) is 25.0 Å². The van der Waals surface area contributed by atoms with E-state index in [2.05, 4.69) is 30.0 Å². The molecule has 4 rings (SSSR count). The monoisotopic (exact) mass is 560 g/mol. The molecule has 2 N–H and O–H groups in total. The first-order chi connectivity index (χ1) is 18.2. The maximum absolute atomic E-state index is 13.3. The molecule has 0 aliphatic heterocycles. The van der Waals surface area contributed by atoms with Crippen molar-refractivity contribution in [3.63, 3.8) is 0 Å². The molecule has 0 saturated heterocycles. The highest BCUT2D eigenvalue weighted by Crippen LogP contribution is 2.30. The Morgan fingerprint density at radius 1 is 1.21 bits per heavy atom. The van der Waals surface area contributed by atoms with Gasteiger partial charge in [0.25, 0.3) is 5.91 Å². The average molecular weight is 561 g/mol. The molecule has 1 atom stereocenters. The van der Waals surface area contributed by atoms with E-state index in [4.69, 9.17) is 9.47 Å². The molecule has 0 unspecified atom stereocenters. The van der Waals surface area contributed by atoms with Gasteiger partial charge in [0.15, 0.2) is 5.01 Å². The van der Waals surface area contributed by atoms with Crippen LogP contribution < -0.4 is 14.8 Å². The predicted molar refractivity (Wildman–Crippen MR) is 145 cm³/mol. The third-order valence-corrected chi connectivity index (χ3v) is 9.27. The molecule has 0 aromatic carbocycles. The van der Waals surface area contributed by atoms with Crippen molar-refractivity contribution in [1.82, 2.24) is 25.3 Å². The van der Waals surface area contributed by atoms with E-state index in [0.29, 0.717) is 60.3 Å². The number of thiazole rings is 1. The number of nitrogens with zero attached hydrogens (tertiary/aromatic N) is 4. The number of rotatable bonds is 12. The summed E-state index contributed by atoms with van der Waals surface area (Å²) >= 11 is 1.18. The summed E-state index contributed by atoms with van der Waals surface area (Å²) < 4.78 is 39.1. The van der Waals surface area contributed by atoms with Gasteiger partial charge in [-0.3, -0.25) is 19.5 Å². The summed E-state index contributed by atoms with van der Waals surface area (Å²) in [7, 11) is -1.93. The Bertz CT molecular complexity index is 1360. The van der Waals surface area contributed by atoms with E-state index in [1.54, 1.807) is 31.6 Å². The normalized spacial score (nSPS) is 15.7. The van der Waals surface area contributed by atoms with Gasteiger partial charge in [-0.05, 0) is 45.2 Å². The van der Waals surface area contributed by atoms with Crippen LogP contribution in [-0.2, 0) is 20.3 Å². The Hall–Kier alpha value is -3.16. The van der Waals surface area contributed by atoms with E-state index in [0.717, 1.165) is 12.8 Å². The quantitative estimate of drug-likeness (QED) is 0.338. The second-order valence-corrected chi connectivity index (χ2v) is 12.2. The molecule has 13 heteroatoms. The number of nitrogens with one attached hydrogen (secondary N) is 2. The van der Waals surface area contributed by atoms with Crippen LogP contribution in [0.15, 0.2) is 36.9 Å². The molecule has 1 aliphatic rings. The van der Waals surface area contributed by atoms with Crippen LogP contribution in [-0.4, -0.2) is 59.8 Å². The Labute approximate surface area is 226 Å². The van der Waals surface area contributed by atoms with Gasteiger partial charge >= 0.3 is 0 Å². The zero-order valence-corrected chi connectivity index (χ0v) is 23.3. The Morgan fingerprint density at radius 3 is 2.74 bits per heavy atom. The number of hydrogen-bond acceptors (Lipinski definition) is 10. The van der Waals surface area contributed by atoms with E-state index in [1.165, 1.54) is 23.7 Å². The summed E-state index contributed by atoms with van der Waals surface area (Å²) in [5.74, 6) is -0.00133. The summed E-state index contributed by atoms with van der Waals surface area (Å²) in [5.41, 5.74) is 0.506. The maximum Gasteiger partial charge on any atom is 0.281 e. The molecule has 3 aromatic rings. The highest BCUT2D eigenvalue weighted by atomic mass is 32.2. The topological polar surface area (TPSA) is 145 Å². The molecule has 204 valence electrons. The first kappa shape index (κ1) is 27.9. The molecule has 1 fully saturated rings. The van der Waals surface area contributed by atoms with E-state index in [-0.39, 0.29) is 5.01 Å². The summed E-state index contributed by atoms with van der Waals surface area (Å²) in [6.45, 7) is 4.50. The van der Waals surface area contributed by atoms with Gasteiger partial charge in [-0.25, -0.2) is 18.4 Å². The van der Waals surface area contributed by atoms with E-state index >= 15 is 0 Å². The molecule has 3 aromatic heterocycles. The van der Waals surface area contributed by atoms with Crippen LogP contribution in [0.3, 0.4) is 0 Å². The molecule has 1 aliphatic carbocycles. The van der Waals surface area contributed by atoms with E-state index in [1.807, 2.05) is 13.8 Å². The Kier molecular flexibility index (Phi) is 8.90. The average Bonchev–Trinajstić information content (AvgIpc) is 3.61. The lowest BCUT2D eigenvalue weighted by Gasteiger charge is -2.30. The number of methoxy groups -OCH3 is 1. The van der Waals surface area contributed by atoms with Crippen LogP contribution in [0.1, 0.15) is 61.4 Å². The SMILES string of the molecule is CCOc1cncc(-c2cnc(C(=O)N[C@](C)(CCOC)c3cc(NS(=O)(=O)C4CCCC4)ccn3)s2)n1. The number of hydrogen-bond donors (Lipinski definition) is 2. The molecule has 0 radical (unpaired) electrons. The summed E-state index contributed by atoms with van der Waals surface area (Å²) in [4.78, 5) is 31.3. The minimum absolute atomic E-state index is 0.241. The molecule has 0 spiro atoms. The van der Waals surface area contributed by atoms with Crippen molar-refractivity contribution in [3.8, 4) is 16.5 Å². The predicted octanol–water partition coefficient (Wildman–Crippen LogP) is 3.76. The molecule has 11 nitrogen and oxygen atoms in total. The fraction of sp³-hybridized carbons (Fsp3) is 0.480. The van der Waals surface area contributed by atoms with Crippen LogP contribution in [0.5, 0.6) is 5.88 Å². The standard InChI is InChI=1S/C25H32N6O5S2/c1-4-36-22-16-26-14-19(29-22)20-15-28-24(37-20)23(32)30-25(2,10-12-35-3)21-13-17(9-11-27-21)31-38(33,34)18-7-5-6-8-18/h9,11,13-16,18H,4-8,10,12H2,1-3H3,(H,27,31)(H,30,32)/t25-/m1/s1. The first-order valence-corrected chi connectivity index (χ1v) is 14.8. The number of anilines is 1. The number of amides is 1. The van der Waals surface area contributed by atoms with Gasteiger partial charge in [0.1, 0.15) is 5.69 Å². The lowest BCUT2D eigenvalue weighted by Crippen LogP contribution is -2.45. The number of pyridine rings is 1. The van der Waals surface area contributed by atoms with E-state index < -0.39 is 26.7 Å². The number of aromatic nitrogens is 4. The van der Waals surface area contributed by atoms with Gasteiger partial charge in [0.05, 0.1) is 46.0 Å². The van der Waals surface area contributed by atoms with Crippen molar-refractivity contribution in [1.29, 1.82) is 0 Å². The third-order valence-electron chi connectivity index (χ3n) is 6.38. The smallest absolute Gasteiger partial charge is 0.281 e. The number of carbonyl (C=O) groups excluding carboxylic acids is 1. The van der Waals surface area contributed by atoms with Crippen LogP contribution >= 0.6 is 11.3 Å². The summed E-state index contributed by atoms with van der Waals surface area (Å²) in [5, 5.41) is 2.88. The molecule has 1 amide bonds. The van der Waals surface area contributed by atoms with Crippen LogP contribution in [0.2, 0.25) is 0 Å². The second kappa shape index (κ2) is 12.1. The highest BCUT2D eigenvalue weighted by molar-refractivity contribution is 7.93. The Balaban J connectivity index is 1.54. The Morgan fingerprint density at radius 2 is 2.00 bits per heavy atom. The van der Waals surface area contributed by atoms with Crippen molar-refractivity contribution in [2.45, 2.75) is 56.7 Å². The van der Waals surface area contributed by atoms with Crippen molar-refractivity contribution in [3.05, 3.63) is 47.6 Å². The van der Waals surface area contributed by atoms with Crippen LogP contribution in [0.25, 0.3) is 10.6 Å². The minimum Gasteiger partial charge on any atom is -0.477 e. The largest absolute Gasteiger partial charge is 0.477 e. The van der Waals surface area contributed by atoms with Gasteiger partial charge < -0.3 is 14.8 Å². The maximum atomic E-state index is 13.3. The minimum atomic E-state index is -3.51. The number of sulfonamides is 1. The van der Waals surface area contributed by atoms with Crippen molar-refractivity contribution >= 4 is 33.0 Å². The number of carbonyl (C=O) groups is 1. The van der Waals surface area contributed by atoms with Crippen molar-refractivity contribution in [2.24, 2.45) is 0 Å². The summed E-state index contributed by atoms with van der Waals surface area (Å²) in [6, 6.07) is 3.27. The van der Waals surface area contributed by atoms with Crippen LogP contribution in [0, 0.1) is 0 Å². The lowest BCUT2D eigenvalue weighted by molar-refractivity contribution is 0.0869. The zero-order valence-electron chi connectivity index (χ0n) is 21.6. The molecular formula is C25H32N6O5S2. The molecular weight excluding hydrogens is 528 g/mol.